The van der Waals surface area contributed by atoms with E-state index in [0.717, 1.165) is 18.4 Å². The average Bonchev–Trinajstić information content (AvgIpc) is 2.96. The van der Waals surface area contributed by atoms with Crippen LogP contribution in [0.2, 0.25) is 0 Å². The van der Waals surface area contributed by atoms with Gasteiger partial charge in [0.05, 0.1) is 4.90 Å². The zero-order valence-corrected chi connectivity index (χ0v) is 9.38. The van der Waals surface area contributed by atoms with Crippen LogP contribution in [0.1, 0.15) is 5.56 Å². The Morgan fingerprint density at radius 2 is 1.82 bits per heavy atom. The molecule has 1 aliphatic rings. The highest BCUT2D eigenvalue weighted by atomic mass is 32.2. The molecule has 0 spiro atoms. The molecule has 0 atom stereocenters. The van der Waals surface area contributed by atoms with Crippen molar-refractivity contribution >= 4 is 9.84 Å². The van der Waals surface area contributed by atoms with Gasteiger partial charge >= 0.3 is 11.8 Å². The standard InChI is InChI=1S/C9H7F3N2O2S/c1-17(15,16)7-4-2-3-6(5-7)8(13-14-8)9(10,11)12/h2-5H,1H3. The Bertz CT molecular complexity index is 587. The highest BCUT2D eigenvalue weighted by Gasteiger charge is 2.65. The molecule has 0 saturated heterocycles. The van der Waals surface area contributed by atoms with Gasteiger partial charge in [-0.1, -0.05) is 12.1 Å². The summed E-state index contributed by atoms with van der Waals surface area (Å²) in [5, 5.41) is 6.01. The molecule has 2 rings (SSSR count). The number of hydrogen-bond acceptors (Lipinski definition) is 4. The summed E-state index contributed by atoms with van der Waals surface area (Å²) in [6.07, 6.45) is -3.73. The molecular weight excluding hydrogens is 257 g/mol. The third-order valence-corrected chi connectivity index (χ3v) is 3.47. The number of benzene rings is 1. The summed E-state index contributed by atoms with van der Waals surface area (Å²) >= 11 is 0. The number of rotatable bonds is 2. The lowest BCUT2D eigenvalue weighted by Gasteiger charge is -2.15. The molecule has 17 heavy (non-hydrogen) atoms. The third kappa shape index (κ3) is 1.92. The van der Waals surface area contributed by atoms with Gasteiger partial charge in [-0.05, 0) is 12.1 Å². The van der Waals surface area contributed by atoms with Gasteiger partial charge in [-0.25, -0.2) is 8.42 Å². The lowest BCUT2D eigenvalue weighted by atomic mass is 10.0. The van der Waals surface area contributed by atoms with Crippen molar-refractivity contribution in [1.29, 1.82) is 0 Å². The smallest absolute Gasteiger partial charge is 0.224 e. The van der Waals surface area contributed by atoms with Crippen LogP contribution in [0, 0.1) is 0 Å². The van der Waals surface area contributed by atoms with Crippen molar-refractivity contribution in [3.8, 4) is 0 Å². The fourth-order valence-corrected chi connectivity index (χ4v) is 2.05. The normalized spacial score (nSPS) is 18.1. The number of halogens is 3. The van der Waals surface area contributed by atoms with E-state index in [2.05, 4.69) is 10.2 Å². The fourth-order valence-electron chi connectivity index (χ4n) is 1.39. The molecule has 92 valence electrons. The van der Waals surface area contributed by atoms with E-state index in [4.69, 9.17) is 0 Å². The zero-order valence-electron chi connectivity index (χ0n) is 8.56. The van der Waals surface area contributed by atoms with Crippen molar-refractivity contribution in [1.82, 2.24) is 0 Å². The number of sulfone groups is 1. The summed E-state index contributed by atoms with van der Waals surface area (Å²) in [5.74, 6) is 0. The summed E-state index contributed by atoms with van der Waals surface area (Å²) in [6.45, 7) is 0. The van der Waals surface area contributed by atoms with Crippen LogP contribution in [-0.4, -0.2) is 20.8 Å². The van der Waals surface area contributed by atoms with E-state index in [9.17, 15) is 21.6 Å². The highest BCUT2D eigenvalue weighted by Crippen LogP contribution is 2.52. The summed E-state index contributed by atoms with van der Waals surface area (Å²) < 4.78 is 60.5. The van der Waals surface area contributed by atoms with Crippen molar-refractivity contribution in [2.45, 2.75) is 16.7 Å². The van der Waals surface area contributed by atoms with E-state index in [0.29, 0.717) is 0 Å². The average molecular weight is 264 g/mol. The van der Waals surface area contributed by atoms with Gasteiger partial charge in [-0.2, -0.15) is 13.2 Å². The number of hydrogen-bond donors (Lipinski definition) is 0. The quantitative estimate of drug-likeness (QED) is 0.822. The van der Waals surface area contributed by atoms with Gasteiger partial charge in [-0.15, -0.1) is 10.2 Å². The van der Waals surface area contributed by atoms with Crippen LogP contribution in [-0.2, 0) is 15.5 Å². The van der Waals surface area contributed by atoms with E-state index in [1.165, 1.54) is 12.1 Å². The SMILES string of the molecule is CS(=O)(=O)c1cccc(C2(C(F)(F)F)N=N2)c1. The predicted molar refractivity (Wildman–Crippen MR) is 52.1 cm³/mol. The van der Waals surface area contributed by atoms with E-state index >= 15 is 0 Å². The molecule has 0 saturated carbocycles. The molecule has 4 nitrogen and oxygen atoms in total. The maximum Gasteiger partial charge on any atom is 0.442 e. The Hall–Kier alpha value is -1.44. The summed E-state index contributed by atoms with van der Waals surface area (Å²) in [4.78, 5) is -0.184. The van der Waals surface area contributed by atoms with Gasteiger partial charge in [0.25, 0.3) is 0 Å². The van der Waals surface area contributed by atoms with Gasteiger partial charge in [0.2, 0.25) is 0 Å². The fraction of sp³-hybridized carbons (Fsp3) is 0.333. The van der Waals surface area contributed by atoms with Crippen molar-refractivity contribution < 1.29 is 21.6 Å². The van der Waals surface area contributed by atoms with Crippen molar-refractivity contribution in [2.24, 2.45) is 10.2 Å². The molecule has 0 radical (unpaired) electrons. The van der Waals surface area contributed by atoms with Crippen LogP contribution in [0.25, 0.3) is 0 Å². The molecule has 1 aromatic carbocycles. The molecule has 8 heteroatoms. The summed E-state index contributed by atoms with van der Waals surface area (Å²) in [7, 11) is -3.55. The van der Waals surface area contributed by atoms with Gasteiger partial charge in [0.15, 0.2) is 9.84 Å². The van der Waals surface area contributed by atoms with Gasteiger partial charge in [0.1, 0.15) is 0 Å². The zero-order chi connectivity index (χ0) is 12.9. The minimum absolute atomic E-state index is 0.184. The van der Waals surface area contributed by atoms with E-state index in [1.54, 1.807) is 0 Å². The maximum atomic E-state index is 12.7. The number of nitrogens with zero attached hydrogens (tertiary/aromatic N) is 2. The molecular formula is C9H7F3N2O2S. The van der Waals surface area contributed by atoms with Crippen molar-refractivity contribution in [2.75, 3.05) is 6.26 Å². The Labute approximate surface area is 95.1 Å². The largest absolute Gasteiger partial charge is 0.442 e. The molecule has 0 bridgehead atoms. The molecule has 0 amide bonds. The lowest BCUT2D eigenvalue weighted by Crippen LogP contribution is -2.30. The Kier molecular flexibility index (Phi) is 2.32. The van der Waals surface area contributed by atoms with Crippen LogP contribution in [0.4, 0.5) is 13.2 Å². The third-order valence-electron chi connectivity index (χ3n) is 2.36. The monoisotopic (exact) mass is 264 g/mol. The van der Waals surface area contributed by atoms with Crippen LogP contribution in [0.3, 0.4) is 0 Å². The Morgan fingerprint density at radius 1 is 1.24 bits per heavy atom. The van der Waals surface area contributed by atoms with E-state index in [1.807, 2.05) is 0 Å². The van der Waals surface area contributed by atoms with Crippen LogP contribution < -0.4 is 0 Å². The maximum absolute atomic E-state index is 12.7. The van der Waals surface area contributed by atoms with Crippen LogP contribution >= 0.6 is 0 Å². The second-order valence-electron chi connectivity index (χ2n) is 3.67. The predicted octanol–water partition coefficient (Wildman–Crippen LogP) is 2.27. The second kappa shape index (κ2) is 3.28. The van der Waals surface area contributed by atoms with E-state index in [-0.39, 0.29) is 10.5 Å². The summed E-state index contributed by atoms with van der Waals surface area (Å²) in [6, 6.07) is 4.57. The minimum Gasteiger partial charge on any atom is -0.224 e. The van der Waals surface area contributed by atoms with Gasteiger partial charge < -0.3 is 0 Å². The van der Waals surface area contributed by atoms with Crippen LogP contribution in [0.15, 0.2) is 39.4 Å². The van der Waals surface area contributed by atoms with Crippen LogP contribution in [0.5, 0.6) is 0 Å². The first-order chi connectivity index (χ1) is 7.67. The molecule has 0 N–H and O–H groups in total. The molecule has 1 aromatic rings. The minimum atomic E-state index is -4.65. The first-order valence-corrected chi connectivity index (χ1v) is 6.37. The molecule has 1 heterocycles. The molecule has 0 aromatic heterocycles. The van der Waals surface area contributed by atoms with E-state index < -0.39 is 21.7 Å². The topological polar surface area (TPSA) is 58.9 Å². The number of alkyl halides is 3. The second-order valence-corrected chi connectivity index (χ2v) is 5.69. The molecule has 1 aliphatic heterocycles. The Morgan fingerprint density at radius 3 is 2.24 bits per heavy atom. The first-order valence-electron chi connectivity index (χ1n) is 4.48. The van der Waals surface area contributed by atoms with Gasteiger partial charge in [0, 0.05) is 11.8 Å². The lowest BCUT2D eigenvalue weighted by molar-refractivity contribution is -0.166. The molecule has 0 aliphatic carbocycles. The summed E-state index contributed by atoms with van der Waals surface area (Å²) in [5.41, 5.74) is -2.86. The molecule has 0 fully saturated rings. The highest BCUT2D eigenvalue weighted by molar-refractivity contribution is 7.90. The molecule has 0 unspecified atom stereocenters. The van der Waals surface area contributed by atoms with Crippen molar-refractivity contribution in [3.63, 3.8) is 0 Å². The first kappa shape index (κ1) is 12.0. The van der Waals surface area contributed by atoms with Crippen molar-refractivity contribution in [3.05, 3.63) is 29.8 Å². The Balaban J connectivity index is 2.50. The van der Waals surface area contributed by atoms with Gasteiger partial charge in [-0.3, -0.25) is 0 Å².